The number of nitrogens with two attached hydrogens (primary N) is 1. The van der Waals surface area contributed by atoms with Crippen molar-refractivity contribution in [1.82, 2.24) is 0 Å². The zero-order valence-electron chi connectivity index (χ0n) is 6.84. The average molecular weight is 195 g/mol. The molecule has 14 heavy (non-hydrogen) atoms. The number of benzene rings is 1. The maximum atomic E-state index is 11.0. The lowest BCUT2D eigenvalue weighted by atomic mass is 10.1. The Kier molecular flexibility index (Phi) is 2.97. The second kappa shape index (κ2) is 4.19. The van der Waals surface area contributed by atoms with E-state index in [4.69, 9.17) is 0 Å². The lowest BCUT2D eigenvalue weighted by Crippen LogP contribution is -2.10. The Balaban J connectivity index is 3.35. The molecule has 0 aromatic heterocycles. The second-order valence-corrected chi connectivity index (χ2v) is 2.26. The molecule has 0 amide bonds. The molecule has 0 unspecified atom stereocenters. The van der Waals surface area contributed by atoms with Gasteiger partial charge in [0.15, 0.2) is 5.69 Å². The number of carbonyl (C=O) groups is 1. The minimum absolute atomic E-state index is 0.195. The van der Waals surface area contributed by atoms with E-state index in [9.17, 15) is 14.6 Å². The third-order valence-corrected chi connectivity index (χ3v) is 1.53. The third kappa shape index (κ3) is 1.62. The van der Waals surface area contributed by atoms with E-state index in [0.29, 0.717) is 0 Å². The highest BCUT2D eigenvalue weighted by molar-refractivity contribution is 5.97. The van der Waals surface area contributed by atoms with E-state index in [1.807, 2.05) is 0 Å². The zero-order chi connectivity index (χ0) is 10.6. The van der Waals surface area contributed by atoms with Crippen molar-refractivity contribution in [2.45, 2.75) is 0 Å². The molecule has 1 aromatic carbocycles. The number of carbonyl (C=O) groups excluding carboxylic acids is 1. The molecule has 7 nitrogen and oxygen atoms in total. The molecule has 0 aliphatic carbocycles. The molecule has 0 radical (unpaired) electrons. The Hall–Kier alpha value is -2.15. The van der Waals surface area contributed by atoms with Crippen LogP contribution in [0, 0.1) is 9.81 Å². The van der Waals surface area contributed by atoms with Gasteiger partial charge in [-0.15, -0.1) is 9.81 Å². The highest BCUT2D eigenvalue weighted by Gasteiger charge is 2.16. The van der Waals surface area contributed by atoms with Crippen molar-refractivity contribution in [3.63, 3.8) is 0 Å². The van der Waals surface area contributed by atoms with E-state index in [2.05, 4.69) is 21.1 Å². The summed E-state index contributed by atoms with van der Waals surface area (Å²) in [4.78, 5) is 35.4. The number of nitrogens with zero attached hydrogens (tertiary/aromatic N) is 2. The van der Waals surface area contributed by atoms with Gasteiger partial charge in [-0.1, -0.05) is 6.07 Å². The van der Waals surface area contributed by atoms with E-state index in [1.165, 1.54) is 18.2 Å². The summed E-state index contributed by atoms with van der Waals surface area (Å²) in [6.07, 6.45) is 0. The molecule has 0 aliphatic rings. The average Bonchev–Trinajstić information content (AvgIpc) is 2.26. The minimum Gasteiger partial charge on any atom is -0.370 e. The summed E-state index contributed by atoms with van der Waals surface area (Å²) in [7, 11) is 0. The molecule has 7 heteroatoms. The highest BCUT2D eigenvalue weighted by atomic mass is 16.7. The van der Waals surface area contributed by atoms with Gasteiger partial charge < -0.3 is 4.84 Å². The largest absolute Gasteiger partial charge is 0.370 e. The van der Waals surface area contributed by atoms with Crippen LogP contribution < -0.4 is 5.90 Å². The second-order valence-electron chi connectivity index (χ2n) is 2.26. The van der Waals surface area contributed by atoms with Crippen LogP contribution in [0.4, 0.5) is 11.4 Å². The van der Waals surface area contributed by atoms with Crippen LogP contribution in [-0.2, 0) is 4.84 Å². The van der Waals surface area contributed by atoms with Crippen LogP contribution in [-0.4, -0.2) is 5.97 Å². The first-order valence-corrected chi connectivity index (χ1v) is 3.45. The van der Waals surface area contributed by atoms with Gasteiger partial charge in [-0.3, -0.25) is 0 Å². The monoisotopic (exact) mass is 195 g/mol. The molecular formula is C7H5N3O4. The van der Waals surface area contributed by atoms with Crippen LogP contribution in [0.25, 0.3) is 0 Å². The van der Waals surface area contributed by atoms with Gasteiger partial charge >= 0.3 is 5.97 Å². The van der Waals surface area contributed by atoms with Gasteiger partial charge in [-0.2, -0.15) is 5.90 Å². The molecule has 0 atom stereocenters. The third-order valence-electron chi connectivity index (χ3n) is 1.53. The summed E-state index contributed by atoms with van der Waals surface area (Å²) in [5, 5.41) is 5.04. The van der Waals surface area contributed by atoms with Crippen molar-refractivity contribution in [2.75, 3.05) is 0 Å². The first kappa shape index (κ1) is 9.93. The maximum Gasteiger partial charge on any atom is 0.359 e. The van der Waals surface area contributed by atoms with Crippen LogP contribution in [0.3, 0.4) is 0 Å². The summed E-state index contributed by atoms with van der Waals surface area (Å²) in [5.41, 5.74) is -0.805. The van der Waals surface area contributed by atoms with Crippen molar-refractivity contribution in [3.8, 4) is 0 Å². The van der Waals surface area contributed by atoms with Gasteiger partial charge in [0.05, 0.1) is 5.56 Å². The van der Waals surface area contributed by atoms with Gasteiger partial charge in [-0.25, -0.2) is 4.79 Å². The molecule has 0 saturated carbocycles. The summed E-state index contributed by atoms with van der Waals surface area (Å²) in [6.45, 7) is 0. The quantitative estimate of drug-likeness (QED) is 0.580. The van der Waals surface area contributed by atoms with Gasteiger partial charge in [-0.05, 0) is 22.5 Å². The lowest BCUT2D eigenvalue weighted by Gasteiger charge is -2.00. The Morgan fingerprint density at radius 2 is 2.00 bits per heavy atom. The molecule has 72 valence electrons. The summed E-state index contributed by atoms with van der Waals surface area (Å²) < 4.78 is 0. The van der Waals surface area contributed by atoms with Gasteiger partial charge in [0.1, 0.15) is 5.69 Å². The normalized spacial score (nSPS) is 9.21. The molecule has 0 bridgehead atoms. The smallest absolute Gasteiger partial charge is 0.359 e. The summed E-state index contributed by atoms with van der Waals surface area (Å²) >= 11 is 0. The highest BCUT2D eigenvalue weighted by Crippen LogP contribution is 2.31. The first-order valence-electron chi connectivity index (χ1n) is 3.45. The standard InChI is InChI=1S/C7H5N3O4/c8-14-7(11)4-2-1-3-5(9-12)6(4)10-13/h1-3H,8H2. The first-order chi connectivity index (χ1) is 6.74. The molecule has 2 N–H and O–H groups in total. The van der Waals surface area contributed by atoms with Gasteiger partial charge in [0.2, 0.25) is 0 Å². The number of hydrogen-bond acceptors (Lipinski definition) is 7. The van der Waals surface area contributed by atoms with Crippen LogP contribution in [0.5, 0.6) is 0 Å². The Morgan fingerprint density at radius 3 is 2.50 bits per heavy atom. The van der Waals surface area contributed by atoms with Gasteiger partial charge in [0.25, 0.3) is 0 Å². The van der Waals surface area contributed by atoms with Crippen molar-refractivity contribution in [3.05, 3.63) is 33.6 Å². The fourth-order valence-electron chi connectivity index (χ4n) is 0.929. The van der Waals surface area contributed by atoms with Crippen LogP contribution in [0.15, 0.2) is 28.6 Å². The Morgan fingerprint density at radius 1 is 1.29 bits per heavy atom. The van der Waals surface area contributed by atoms with Crippen molar-refractivity contribution in [1.29, 1.82) is 0 Å². The molecule has 0 heterocycles. The molecule has 0 spiro atoms. The fourth-order valence-corrected chi connectivity index (χ4v) is 0.929. The summed E-state index contributed by atoms with van der Waals surface area (Å²) in [5.74, 6) is 3.66. The van der Waals surface area contributed by atoms with E-state index in [-0.39, 0.29) is 16.9 Å². The number of nitroso groups, excluding NO2 is 2. The van der Waals surface area contributed by atoms with E-state index >= 15 is 0 Å². The predicted molar refractivity (Wildman–Crippen MR) is 47.0 cm³/mol. The van der Waals surface area contributed by atoms with E-state index in [1.54, 1.807) is 0 Å². The molecule has 1 rings (SSSR count). The predicted octanol–water partition coefficient (Wildman–Crippen LogP) is 1.51. The zero-order valence-corrected chi connectivity index (χ0v) is 6.84. The Labute approximate surface area is 77.8 Å². The number of rotatable bonds is 3. The number of hydrogen-bond donors (Lipinski definition) is 1. The van der Waals surface area contributed by atoms with E-state index < -0.39 is 5.97 Å². The molecular weight excluding hydrogens is 190 g/mol. The topological polar surface area (TPSA) is 111 Å². The SMILES string of the molecule is NOC(=O)c1cccc(N=O)c1N=O. The van der Waals surface area contributed by atoms with Crippen LogP contribution in [0.2, 0.25) is 0 Å². The molecule has 0 saturated heterocycles. The summed E-state index contributed by atoms with van der Waals surface area (Å²) in [6, 6.07) is 3.86. The minimum atomic E-state index is -0.954. The van der Waals surface area contributed by atoms with Crippen LogP contribution in [0.1, 0.15) is 10.4 Å². The molecule has 0 fully saturated rings. The van der Waals surface area contributed by atoms with Crippen molar-refractivity contribution < 1.29 is 9.63 Å². The lowest BCUT2D eigenvalue weighted by molar-refractivity contribution is 0.0504. The van der Waals surface area contributed by atoms with Gasteiger partial charge in [0, 0.05) is 0 Å². The maximum absolute atomic E-state index is 11.0. The van der Waals surface area contributed by atoms with Crippen LogP contribution >= 0.6 is 0 Å². The molecule has 0 aliphatic heterocycles. The fraction of sp³-hybridized carbons (Fsp3) is 0. The van der Waals surface area contributed by atoms with Crippen molar-refractivity contribution in [2.24, 2.45) is 16.3 Å². The van der Waals surface area contributed by atoms with E-state index in [0.717, 1.165) is 0 Å². The Bertz CT molecular complexity index is 391. The van der Waals surface area contributed by atoms with Crippen molar-refractivity contribution >= 4 is 17.3 Å². The molecule has 1 aromatic rings.